The Bertz CT molecular complexity index is 734. The fraction of sp³-hybridized carbons (Fsp3) is 0.235. The van der Waals surface area contributed by atoms with Crippen LogP contribution in [0.1, 0.15) is 18.5 Å². The van der Waals surface area contributed by atoms with Gasteiger partial charge >= 0.3 is 5.69 Å². The van der Waals surface area contributed by atoms with Gasteiger partial charge in [0.05, 0.1) is 11.0 Å². The van der Waals surface area contributed by atoms with Gasteiger partial charge in [-0.15, -0.1) is 0 Å². The van der Waals surface area contributed by atoms with Crippen molar-refractivity contribution in [2.45, 2.75) is 13.0 Å². The summed E-state index contributed by atoms with van der Waals surface area (Å²) in [5.74, 6) is -0.650. The molecule has 24 heavy (non-hydrogen) atoms. The number of carbonyl (C=O) groups excluding carboxylic acids is 1. The van der Waals surface area contributed by atoms with E-state index in [0.717, 1.165) is 5.56 Å². The summed E-state index contributed by atoms with van der Waals surface area (Å²) < 4.78 is 18.3. The third-order valence-electron chi connectivity index (χ3n) is 3.74. The van der Waals surface area contributed by atoms with Crippen molar-refractivity contribution in [2.24, 2.45) is 0 Å². The number of rotatable bonds is 6. The van der Waals surface area contributed by atoms with E-state index in [1.54, 1.807) is 32.2 Å². The molecule has 1 atom stereocenters. The lowest BCUT2D eigenvalue weighted by Gasteiger charge is -2.25. The van der Waals surface area contributed by atoms with Gasteiger partial charge in [0, 0.05) is 13.1 Å². The number of hydrogen-bond acceptors (Lipinski definition) is 4. The average Bonchev–Trinajstić information content (AvgIpc) is 2.59. The predicted octanol–water partition coefficient (Wildman–Crippen LogP) is 3.33. The first-order valence-electron chi connectivity index (χ1n) is 7.27. The van der Waals surface area contributed by atoms with Crippen molar-refractivity contribution in [1.29, 1.82) is 0 Å². The molecule has 0 radical (unpaired) electrons. The van der Waals surface area contributed by atoms with Crippen molar-refractivity contribution < 1.29 is 18.8 Å². The maximum absolute atomic E-state index is 13.0. The first-order chi connectivity index (χ1) is 11.4. The molecular formula is C17H17FN2O4. The molecule has 7 heteroatoms. The summed E-state index contributed by atoms with van der Waals surface area (Å²) in [6.45, 7) is 1.48. The van der Waals surface area contributed by atoms with Gasteiger partial charge in [-0.2, -0.15) is 0 Å². The molecule has 0 saturated carbocycles. The molecule has 0 aliphatic heterocycles. The van der Waals surface area contributed by atoms with Crippen molar-refractivity contribution in [1.82, 2.24) is 4.90 Å². The molecule has 0 bridgehead atoms. The van der Waals surface area contributed by atoms with Gasteiger partial charge in [-0.1, -0.05) is 24.3 Å². The third-order valence-corrected chi connectivity index (χ3v) is 3.74. The fourth-order valence-electron chi connectivity index (χ4n) is 2.15. The quantitative estimate of drug-likeness (QED) is 0.601. The van der Waals surface area contributed by atoms with Crippen LogP contribution >= 0.6 is 0 Å². The van der Waals surface area contributed by atoms with Crippen LogP contribution < -0.4 is 4.74 Å². The highest BCUT2D eigenvalue weighted by Crippen LogP contribution is 2.26. The summed E-state index contributed by atoms with van der Waals surface area (Å²) in [4.78, 5) is 24.0. The van der Waals surface area contributed by atoms with Gasteiger partial charge < -0.3 is 9.64 Å². The van der Waals surface area contributed by atoms with Crippen molar-refractivity contribution in [3.63, 3.8) is 0 Å². The van der Waals surface area contributed by atoms with E-state index in [-0.39, 0.29) is 35.8 Å². The van der Waals surface area contributed by atoms with Crippen molar-refractivity contribution >= 4 is 11.6 Å². The Balaban J connectivity index is 2.02. The second-order valence-electron chi connectivity index (χ2n) is 5.25. The Morgan fingerprint density at radius 3 is 2.50 bits per heavy atom. The number of benzene rings is 2. The molecule has 6 nitrogen and oxygen atoms in total. The Hall–Kier alpha value is -2.96. The second kappa shape index (κ2) is 7.54. The van der Waals surface area contributed by atoms with Crippen LogP contribution in [0.5, 0.6) is 5.75 Å². The van der Waals surface area contributed by atoms with E-state index in [2.05, 4.69) is 0 Å². The molecule has 0 aromatic heterocycles. The molecular weight excluding hydrogens is 315 g/mol. The summed E-state index contributed by atoms with van der Waals surface area (Å²) >= 11 is 0. The van der Waals surface area contributed by atoms with Crippen molar-refractivity contribution in [2.75, 3.05) is 13.7 Å². The molecule has 2 rings (SSSR count). The minimum absolute atomic E-state index is 0.0404. The Morgan fingerprint density at radius 1 is 1.25 bits per heavy atom. The molecule has 0 aliphatic rings. The molecule has 0 aliphatic carbocycles. The lowest BCUT2D eigenvalue weighted by Crippen LogP contribution is -2.33. The van der Waals surface area contributed by atoms with Crippen LogP contribution in [0.15, 0.2) is 48.5 Å². The van der Waals surface area contributed by atoms with Gasteiger partial charge in [-0.25, -0.2) is 4.39 Å². The van der Waals surface area contributed by atoms with Crippen LogP contribution in [0.4, 0.5) is 10.1 Å². The smallest absolute Gasteiger partial charge is 0.310 e. The van der Waals surface area contributed by atoms with Gasteiger partial charge in [0.1, 0.15) is 5.82 Å². The topological polar surface area (TPSA) is 72.7 Å². The van der Waals surface area contributed by atoms with E-state index in [1.807, 2.05) is 0 Å². The molecule has 126 valence electrons. The highest BCUT2D eigenvalue weighted by atomic mass is 19.1. The van der Waals surface area contributed by atoms with E-state index in [1.165, 1.54) is 35.2 Å². The number of ether oxygens (including phenoxy) is 1. The molecule has 0 spiro atoms. The minimum atomic E-state index is -0.565. The molecule has 1 amide bonds. The molecule has 0 fully saturated rings. The molecule has 1 unspecified atom stereocenters. The molecule has 0 N–H and O–H groups in total. The van der Waals surface area contributed by atoms with Gasteiger partial charge in [-0.05, 0) is 30.7 Å². The third kappa shape index (κ3) is 4.07. The van der Waals surface area contributed by atoms with Crippen LogP contribution in [0, 0.1) is 15.9 Å². The zero-order valence-corrected chi connectivity index (χ0v) is 13.3. The van der Waals surface area contributed by atoms with Gasteiger partial charge in [0.15, 0.2) is 12.4 Å². The van der Waals surface area contributed by atoms with E-state index in [0.29, 0.717) is 0 Å². The van der Waals surface area contributed by atoms with Crippen molar-refractivity contribution in [3.05, 3.63) is 70.0 Å². The highest BCUT2D eigenvalue weighted by molar-refractivity contribution is 5.78. The summed E-state index contributed by atoms with van der Waals surface area (Å²) in [5.41, 5.74) is 0.581. The van der Waals surface area contributed by atoms with Crippen LogP contribution in [0.25, 0.3) is 0 Å². The predicted molar refractivity (Wildman–Crippen MR) is 86.2 cm³/mol. The first-order valence-corrected chi connectivity index (χ1v) is 7.27. The van der Waals surface area contributed by atoms with Crippen LogP contribution in [-0.2, 0) is 4.79 Å². The molecule has 2 aromatic rings. The number of nitrogens with zero attached hydrogens (tertiary/aromatic N) is 2. The number of likely N-dealkylation sites (N-methyl/N-ethyl adjacent to an activating group) is 1. The largest absolute Gasteiger partial charge is 0.477 e. The number of carbonyl (C=O) groups is 1. The molecule has 0 saturated heterocycles. The van der Waals surface area contributed by atoms with Crippen LogP contribution in [0.2, 0.25) is 0 Å². The Morgan fingerprint density at radius 2 is 1.88 bits per heavy atom. The SMILES string of the molecule is CC(c1ccc(F)cc1)N(C)C(=O)COc1ccccc1[N+](=O)[O-]. The minimum Gasteiger partial charge on any atom is -0.477 e. The average molecular weight is 332 g/mol. The van der Waals surface area contributed by atoms with Crippen LogP contribution in [0.3, 0.4) is 0 Å². The number of hydrogen-bond donors (Lipinski definition) is 0. The Kier molecular flexibility index (Phi) is 5.47. The monoisotopic (exact) mass is 332 g/mol. The summed E-state index contributed by atoms with van der Waals surface area (Å²) in [5, 5.41) is 10.9. The van der Waals surface area contributed by atoms with Gasteiger partial charge in [-0.3, -0.25) is 14.9 Å². The number of halogens is 1. The zero-order chi connectivity index (χ0) is 17.7. The van der Waals surface area contributed by atoms with Crippen molar-refractivity contribution in [3.8, 4) is 5.75 Å². The van der Waals surface area contributed by atoms with E-state index in [4.69, 9.17) is 4.74 Å². The fourth-order valence-corrected chi connectivity index (χ4v) is 2.15. The van der Waals surface area contributed by atoms with E-state index >= 15 is 0 Å². The lowest BCUT2D eigenvalue weighted by atomic mass is 10.1. The maximum Gasteiger partial charge on any atom is 0.310 e. The second-order valence-corrected chi connectivity index (χ2v) is 5.25. The molecule has 2 aromatic carbocycles. The first kappa shape index (κ1) is 17.4. The van der Waals surface area contributed by atoms with Gasteiger partial charge in [0.2, 0.25) is 0 Å². The summed E-state index contributed by atoms with van der Waals surface area (Å²) in [6, 6.07) is 11.4. The summed E-state index contributed by atoms with van der Waals surface area (Å²) in [6.07, 6.45) is 0. The lowest BCUT2D eigenvalue weighted by molar-refractivity contribution is -0.385. The Labute approximate surface area is 138 Å². The maximum atomic E-state index is 13.0. The zero-order valence-electron chi connectivity index (χ0n) is 13.3. The number of nitro groups is 1. The number of nitro benzene ring substituents is 1. The normalized spacial score (nSPS) is 11.6. The number of para-hydroxylation sites is 2. The molecule has 0 heterocycles. The summed E-state index contributed by atoms with van der Waals surface area (Å²) in [7, 11) is 1.60. The highest BCUT2D eigenvalue weighted by Gasteiger charge is 2.20. The van der Waals surface area contributed by atoms with Gasteiger partial charge in [0.25, 0.3) is 5.91 Å². The number of amides is 1. The van der Waals surface area contributed by atoms with E-state index < -0.39 is 4.92 Å². The standard InChI is InChI=1S/C17H17FN2O4/c1-12(13-7-9-14(18)10-8-13)19(2)17(21)11-24-16-6-4-3-5-15(16)20(22)23/h3-10,12H,11H2,1-2H3. The van der Waals surface area contributed by atoms with Crippen LogP contribution in [-0.4, -0.2) is 29.4 Å². The van der Waals surface area contributed by atoms with E-state index in [9.17, 15) is 19.3 Å².